The zero-order chi connectivity index (χ0) is 17.9. The molecule has 0 fully saturated rings. The third kappa shape index (κ3) is 4.38. The Balaban J connectivity index is 2.15. The van der Waals surface area contributed by atoms with Gasteiger partial charge in [-0.15, -0.1) is 0 Å². The zero-order valence-corrected chi connectivity index (χ0v) is 14.7. The first-order valence-electron chi connectivity index (χ1n) is 7.07. The fraction of sp³-hybridized carbons (Fsp3) is 0.176. The lowest BCUT2D eigenvalue weighted by molar-refractivity contribution is -0.120. The van der Waals surface area contributed by atoms with Crippen LogP contribution in [-0.4, -0.2) is 18.4 Å². The Morgan fingerprint density at radius 3 is 2.42 bits per heavy atom. The topological polar surface area (TPSA) is 49.4 Å². The number of nitrogens with one attached hydrogen (secondary N) is 1. The van der Waals surface area contributed by atoms with Crippen LogP contribution in [0, 0.1) is 18.6 Å². The quantitative estimate of drug-likeness (QED) is 0.847. The smallest absolute Gasteiger partial charge is 0.244 e. The number of hydrogen-bond donors (Lipinski definition) is 1. The highest BCUT2D eigenvalue weighted by atomic mass is 79.9. The highest BCUT2D eigenvalue weighted by Crippen LogP contribution is 2.21. The van der Waals surface area contributed by atoms with E-state index in [1.165, 1.54) is 13.0 Å². The second kappa shape index (κ2) is 7.53. The summed E-state index contributed by atoms with van der Waals surface area (Å²) in [7, 11) is 0. The number of carbonyl (C=O) groups is 2. The van der Waals surface area contributed by atoms with Gasteiger partial charge in [0, 0.05) is 28.8 Å². The van der Waals surface area contributed by atoms with Gasteiger partial charge in [0.05, 0.1) is 0 Å². The molecule has 2 aromatic rings. The molecule has 0 aliphatic carbocycles. The van der Waals surface area contributed by atoms with E-state index in [1.807, 2.05) is 13.0 Å². The summed E-state index contributed by atoms with van der Waals surface area (Å²) in [6, 6.07) is 8.34. The van der Waals surface area contributed by atoms with E-state index < -0.39 is 23.4 Å². The molecule has 126 valence electrons. The van der Waals surface area contributed by atoms with E-state index in [0.717, 1.165) is 27.1 Å². The standard InChI is InChI=1S/C17H15BrF2N2O2/c1-10-3-4-12(7-14(10)18)21-17(24)9-22(11(2)23)13-5-6-15(19)16(20)8-13/h3-8H,9H2,1-2H3,(H,21,24). The van der Waals surface area contributed by atoms with Gasteiger partial charge in [0.15, 0.2) is 11.6 Å². The van der Waals surface area contributed by atoms with E-state index in [0.29, 0.717) is 5.69 Å². The molecular weight excluding hydrogens is 382 g/mol. The Hall–Kier alpha value is -2.28. The number of amides is 2. The van der Waals surface area contributed by atoms with Crippen molar-refractivity contribution in [1.29, 1.82) is 0 Å². The minimum Gasteiger partial charge on any atom is -0.324 e. The second-order valence-electron chi connectivity index (χ2n) is 5.22. The van der Waals surface area contributed by atoms with E-state index in [1.54, 1.807) is 12.1 Å². The van der Waals surface area contributed by atoms with Crippen molar-refractivity contribution in [3.63, 3.8) is 0 Å². The third-order valence-electron chi connectivity index (χ3n) is 3.35. The Bertz CT molecular complexity index is 796. The molecule has 7 heteroatoms. The fourth-order valence-corrected chi connectivity index (χ4v) is 2.43. The van der Waals surface area contributed by atoms with E-state index in [-0.39, 0.29) is 12.2 Å². The lowest BCUT2D eigenvalue weighted by Gasteiger charge is -2.21. The summed E-state index contributed by atoms with van der Waals surface area (Å²) >= 11 is 3.37. The highest BCUT2D eigenvalue weighted by Gasteiger charge is 2.17. The zero-order valence-electron chi connectivity index (χ0n) is 13.1. The van der Waals surface area contributed by atoms with Crippen molar-refractivity contribution < 1.29 is 18.4 Å². The van der Waals surface area contributed by atoms with Crippen LogP contribution in [0.25, 0.3) is 0 Å². The number of halogens is 3. The van der Waals surface area contributed by atoms with E-state index in [9.17, 15) is 18.4 Å². The summed E-state index contributed by atoms with van der Waals surface area (Å²) < 4.78 is 27.2. The molecule has 0 unspecified atom stereocenters. The van der Waals surface area contributed by atoms with E-state index in [4.69, 9.17) is 0 Å². The number of aryl methyl sites for hydroxylation is 1. The summed E-state index contributed by atoms with van der Waals surface area (Å²) in [5, 5.41) is 2.66. The molecule has 0 aliphatic heterocycles. The van der Waals surface area contributed by atoms with Crippen LogP contribution in [0.3, 0.4) is 0 Å². The maximum atomic E-state index is 13.4. The van der Waals surface area contributed by atoms with Gasteiger partial charge in [0.2, 0.25) is 11.8 Å². The van der Waals surface area contributed by atoms with Crippen molar-refractivity contribution in [1.82, 2.24) is 0 Å². The summed E-state index contributed by atoms with van der Waals surface area (Å²) in [6.45, 7) is 2.85. The van der Waals surface area contributed by atoms with Crippen molar-refractivity contribution in [2.75, 3.05) is 16.8 Å². The van der Waals surface area contributed by atoms with Crippen LogP contribution in [0.5, 0.6) is 0 Å². The van der Waals surface area contributed by atoms with Crippen molar-refractivity contribution in [3.05, 3.63) is 58.1 Å². The molecule has 0 atom stereocenters. The molecule has 0 spiro atoms. The first kappa shape index (κ1) is 18.1. The van der Waals surface area contributed by atoms with Crippen LogP contribution in [0.4, 0.5) is 20.2 Å². The number of rotatable bonds is 4. The molecule has 0 aromatic heterocycles. The fourth-order valence-electron chi connectivity index (χ4n) is 2.05. The maximum Gasteiger partial charge on any atom is 0.244 e. The SMILES string of the molecule is CC(=O)N(CC(=O)Nc1ccc(C)c(Br)c1)c1ccc(F)c(F)c1. The van der Waals surface area contributed by atoms with Gasteiger partial charge in [-0.25, -0.2) is 8.78 Å². The molecular formula is C17H15BrF2N2O2. The van der Waals surface area contributed by atoms with Crippen LogP contribution in [-0.2, 0) is 9.59 Å². The van der Waals surface area contributed by atoms with Crippen LogP contribution >= 0.6 is 15.9 Å². The summed E-state index contributed by atoms with van der Waals surface area (Å²) in [4.78, 5) is 25.0. The monoisotopic (exact) mass is 396 g/mol. The Morgan fingerprint density at radius 2 is 1.83 bits per heavy atom. The van der Waals surface area contributed by atoms with Gasteiger partial charge in [-0.3, -0.25) is 9.59 Å². The second-order valence-corrected chi connectivity index (χ2v) is 6.07. The Kier molecular flexibility index (Phi) is 5.66. The Morgan fingerprint density at radius 1 is 1.12 bits per heavy atom. The van der Waals surface area contributed by atoms with Crippen molar-refractivity contribution in [2.24, 2.45) is 0 Å². The summed E-state index contributed by atoms with van der Waals surface area (Å²) in [6.07, 6.45) is 0. The van der Waals surface area contributed by atoms with Gasteiger partial charge in [-0.05, 0) is 36.8 Å². The summed E-state index contributed by atoms with van der Waals surface area (Å²) in [5.41, 5.74) is 1.69. The number of hydrogen-bond acceptors (Lipinski definition) is 2. The van der Waals surface area contributed by atoms with Crippen molar-refractivity contribution >= 4 is 39.1 Å². The van der Waals surface area contributed by atoms with Crippen molar-refractivity contribution in [3.8, 4) is 0 Å². The molecule has 2 aromatic carbocycles. The molecule has 0 saturated carbocycles. The minimum atomic E-state index is -1.08. The molecule has 0 radical (unpaired) electrons. The van der Waals surface area contributed by atoms with Crippen LogP contribution in [0.15, 0.2) is 40.9 Å². The number of anilines is 2. The molecule has 0 bridgehead atoms. The van der Waals surface area contributed by atoms with Gasteiger partial charge < -0.3 is 10.2 Å². The van der Waals surface area contributed by atoms with Gasteiger partial charge >= 0.3 is 0 Å². The highest BCUT2D eigenvalue weighted by molar-refractivity contribution is 9.10. The molecule has 4 nitrogen and oxygen atoms in total. The third-order valence-corrected chi connectivity index (χ3v) is 4.21. The van der Waals surface area contributed by atoms with E-state index in [2.05, 4.69) is 21.2 Å². The predicted molar refractivity (Wildman–Crippen MR) is 91.9 cm³/mol. The first-order valence-corrected chi connectivity index (χ1v) is 7.86. The lowest BCUT2D eigenvalue weighted by atomic mass is 10.2. The average molecular weight is 397 g/mol. The number of nitrogens with zero attached hydrogens (tertiary/aromatic N) is 1. The molecule has 2 amide bonds. The van der Waals surface area contributed by atoms with Crippen LogP contribution < -0.4 is 10.2 Å². The minimum absolute atomic E-state index is 0.113. The maximum absolute atomic E-state index is 13.4. The number of carbonyl (C=O) groups excluding carboxylic acids is 2. The van der Waals surface area contributed by atoms with Gasteiger partial charge in [0.25, 0.3) is 0 Å². The predicted octanol–water partition coefficient (Wildman–Crippen LogP) is 4.03. The summed E-state index contributed by atoms with van der Waals surface area (Å²) in [5.74, 6) is -3.01. The van der Waals surface area contributed by atoms with Gasteiger partial charge in [-0.2, -0.15) is 0 Å². The van der Waals surface area contributed by atoms with Crippen LogP contribution in [0.1, 0.15) is 12.5 Å². The molecule has 2 rings (SSSR count). The molecule has 24 heavy (non-hydrogen) atoms. The molecule has 0 saturated heterocycles. The first-order chi connectivity index (χ1) is 11.3. The number of benzene rings is 2. The molecule has 0 aliphatic rings. The Labute approximate surface area is 146 Å². The van der Waals surface area contributed by atoms with Crippen LogP contribution in [0.2, 0.25) is 0 Å². The van der Waals surface area contributed by atoms with Gasteiger partial charge in [0.1, 0.15) is 6.54 Å². The van der Waals surface area contributed by atoms with Gasteiger partial charge in [-0.1, -0.05) is 22.0 Å². The normalized spacial score (nSPS) is 10.4. The van der Waals surface area contributed by atoms with Crippen molar-refractivity contribution in [2.45, 2.75) is 13.8 Å². The lowest BCUT2D eigenvalue weighted by Crippen LogP contribution is -2.36. The van der Waals surface area contributed by atoms with E-state index >= 15 is 0 Å². The average Bonchev–Trinajstić information content (AvgIpc) is 2.51. The largest absolute Gasteiger partial charge is 0.324 e. The molecule has 1 N–H and O–H groups in total. The molecule has 0 heterocycles.